The van der Waals surface area contributed by atoms with Crippen LogP contribution in [0.1, 0.15) is 124 Å². The summed E-state index contributed by atoms with van der Waals surface area (Å²) in [4.78, 5) is 18.4. The fourth-order valence-electron chi connectivity index (χ4n) is 11.6. The Morgan fingerprint density at radius 3 is 2.28 bits per heavy atom. The van der Waals surface area contributed by atoms with Crippen LogP contribution in [0.2, 0.25) is 0 Å². The highest BCUT2D eigenvalue weighted by Crippen LogP contribution is 2.41. The van der Waals surface area contributed by atoms with Crippen molar-refractivity contribution in [1.29, 1.82) is 0 Å². The average Bonchev–Trinajstić information content (AvgIpc) is 3.84. The monoisotopic (exact) mass is 1100 g/mol. The van der Waals surface area contributed by atoms with Gasteiger partial charge in [0.15, 0.2) is 12.6 Å². The Bertz CT molecular complexity index is 2170. The number of rotatable bonds is 18. The lowest BCUT2D eigenvalue weighted by molar-refractivity contribution is -0.318. The molecule has 0 bridgehead atoms. The topological polar surface area (TPSA) is 237 Å². The number of aliphatic hydroxyl groups excluding tert-OH is 3. The van der Waals surface area contributed by atoms with E-state index in [1.54, 1.807) is 60.9 Å². The van der Waals surface area contributed by atoms with E-state index in [1.165, 1.54) is 25.8 Å². The largest absolute Gasteiger partial charge is 0.459 e. The minimum absolute atomic E-state index is 0.0801. The number of aliphatic hydroxyl groups is 5. The van der Waals surface area contributed by atoms with Gasteiger partial charge < -0.3 is 68.5 Å². The molecule has 0 spiro atoms. The number of likely N-dealkylation sites (N-methyl/N-ethyl adjacent to an activating group) is 2. The van der Waals surface area contributed by atoms with Gasteiger partial charge >= 0.3 is 5.97 Å². The van der Waals surface area contributed by atoms with Crippen molar-refractivity contribution in [2.24, 2.45) is 17.8 Å². The third kappa shape index (κ3) is 15.5. The number of ether oxygens (including phenoxy) is 7. The van der Waals surface area contributed by atoms with Crippen LogP contribution in [0.4, 0.5) is 4.39 Å². The molecule has 0 aliphatic carbocycles. The number of halogens is 1. The molecule has 1 aromatic heterocycles. The average molecular weight is 1100 g/mol. The van der Waals surface area contributed by atoms with Crippen molar-refractivity contribution in [3.8, 4) is 0 Å². The summed E-state index contributed by atoms with van der Waals surface area (Å²) >= 11 is 0. The molecule has 21 atom stereocenters. The van der Waals surface area contributed by atoms with Gasteiger partial charge in [0.2, 0.25) is 0 Å². The number of cyclic esters (lactones) is 1. The highest BCUT2D eigenvalue weighted by Gasteiger charge is 2.53. The molecule has 434 valence electrons. The molecule has 19 nitrogen and oxygen atoms in total. The number of alkyl halides is 1. The van der Waals surface area contributed by atoms with Gasteiger partial charge in [-0.25, -0.2) is 9.07 Å². The van der Waals surface area contributed by atoms with Crippen LogP contribution < -0.4 is 0 Å². The third-order valence-corrected chi connectivity index (χ3v) is 17.1. The second-order valence-electron chi connectivity index (χ2n) is 22.8. The van der Waals surface area contributed by atoms with E-state index in [-0.39, 0.29) is 25.2 Å². The second kappa shape index (κ2) is 27.5. The van der Waals surface area contributed by atoms with Crippen LogP contribution in [0.15, 0.2) is 36.5 Å². The first-order valence-corrected chi connectivity index (χ1v) is 28.7. The smallest absolute Gasteiger partial charge is 0.311 e. The molecule has 1 unspecified atom stereocenters. The van der Waals surface area contributed by atoms with Crippen LogP contribution in [-0.2, 0) is 55.2 Å². The summed E-state index contributed by atoms with van der Waals surface area (Å²) in [6, 6.07) is 5.64. The molecule has 21 heteroatoms. The molecule has 3 saturated heterocycles. The summed E-state index contributed by atoms with van der Waals surface area (Å²) in [5.74, 6) is -2.45. The number of benzene rings is 1. The first-order chi connectivity index (χ1) is 35.6. The Balaban J connectivity index is 1.42. The summed E-state index contributed by atoms with van der Waals surface area (Å²) in [7, 11) is 5.78. The minimum atomic E-state index is -1.86. The first-order valence-electron chi connectivity index (χ1n) is 27.0. The van der Waals surface area contributed by atoms with E-state index in [9.17, 15) is 38.9 Å². The Labute approximate surface area is 453 Å². The number of esters is 1. The molecule has 0 saturated carbocycles. The minimum Gasteiger partial charge on any atom is -0.459 e. The molecular formula is C55H92FN5O14S. The van der Waals surface area contributed by atoms with Crippen LogP contribution in [0, 0.1) is 17.8 Å². The predicted octanol–water partition coefficient (Wildman–Crippen LogP) is 4.40. The quantitative estimate of drug-likeness (QED) is 0.130. The summed E-state index contributed by atoms with van der Waals surface area (Å²) in [5.41, 5.74) is -2.34. The number of nitrogens with zero attached hydrogens (tertiary/aromatic N) is 5. The van der Waals surface area contributed by atoms with Crippen molar-refractivity contribution < 1.29 is 72.1 Å². The maximum absolute atomic E-state index is 14.9. The molecule has 3 aliphatic heterocycles. The molecule has 5 N–H and O–H groups in total. The summed E-state index contributed by atoms with van der Waals surface area (Å²) < 4.78 is 72.0. The summed E-state index contributed by atoms with van der Waals surface area (Å²) in [6.07, 6.45) is -2.71. The van der Waals surface area contributed by atoms with Crippen LogP contribution >= 0.6 is 0 Å². The molecule has 2 aromatic rings. The van der Waals surface area contributed by atoms with Gasteiger partial charge in [0.25, 0.3) is 0 Å². The van der Waals surface area contributed by atoms with Crippen molar-refractivity contribution in [2.45, 2.75) is 204 Å². The molecule has 3 aliphatic rings. The van der Waals surface area contributed by atoms with Crippen LogP contribution in [0.25, 0.3) is 6.08 Å². The fourth-order valence-corrected chi connectivity index (χ4v) is 12.0. The number of hydrogen-bond acceptors (Lipinski definition) is 18. The van der Waals surface area contributed by atoms with Gasteiger partial charge in [-0.3, -0.25) is 9.00 Å². The lowest BCUT2D eigenvalue weighted by atomic mass is 9.77. The number of carbonyl (C=O) groups is 1. The molecule has 3 fully saturated rings. The molecule has 5 rings (SSSR count). The Kier molecular flexibility index (Phi) is 23.2. The third-order valence-electron chi connectivity index (χ3n) is 16.4. The van der Waals surface area contributed by atoms with Gasteiger partial charge in [-0.2, -0.15) is 0 Å². The molecule has 76 heavy (non-hydrogen) atoms. The molecule has 4 heterocycles. The maximum atomic E-state index is 14.9. The normalized spacial score (nSPS) is 39.1. The Morgan fingerprint density at radius 1 is 1.00 bits per heavy atom. The van der Waals surface area contributed by atoms with Gasteiger partial charge in [0.05, 0.1) is 47.2 Å². The number of aromatic nitrogens is 3. The maximum Gasteiger partial charge on any atom is 0.311 e. The van der Waals surface area contributed by atoms with Crippen molar-refractivity contribution in [3.05, 3.63) is 53.4 Å². The van der Waals surface area contributed by atoms with Gasteiger partial charge in [0, 0.05) is 87.2 Å². The van der Waals surface area contributed by atoms with Gasteiger partial charge in [0.1, 0.15) is 48.8 Å². The summed E-state index contributed by atoms with van der Waals surface area (Å²) in [5, 5.41) is 68.6. The van der Waals surface area contributed by atoms with Gasteiger partial charge in [-0.1, -0.05) is 62.4 Å². The second-order valence-corrected chi connectivity index (χ2v) is 24.3. The highest BCUT2D eigenvalue weighted by atomic mass is 32.2. The Hall–Kier alpha value is -2.87. The van der Waals surface area contributed by atoms with E-state index >= 15 is 0 Å². The standard InChI is InChI=1S/C55H92FN5O14S/c1-16-43-55(10,67)48(63)36(6)60(12)30-32(2)27-53(8,66)50(34(4)46(35(5)51(65)73-43)74-44-28-54(9,70-14)49(64)37(7)72-44)75-52-45(62)41(26-33(3)71-52)59(11)24-23-40-31-61(58-57-40)42(29-56)47(69-13)39-21-19-38(20-22-39)18-17-25-76(15)68/h17-22,31-37,41-50,52,62-64,66-67H,16,23-30H2,1-15H3/b18-17+/t32-,33-,34+,35-,36-,37+,41+,42+,43-,44+,45-,46+,47-,48-,49+,50-,52+,53-,54-,55-,76?/m1/s1. The van der Waals surface area contributed by atoms with E-state index in [0.717, 1.165) is 11.1 Å². The predicted molar refractivity (Wildman–Crippen MR) is 286 cm³/mol. The zero-order valence-electron chi connectivity index (χ0n) is 47.7. The zero-order valence-corrected chi connectivity index (χ0v) is 48.5. The number of hydrogen-bond donors (Lipinski definition) is 5. The zero-order chi connectivity index (χ0) is 56.6. The van der Waals surface area contributed by atoms with Crippen LogP contribution in [0.5, 0.6) is 0 Å². The van der Waals surface area contributed by atoms with Gasteiger partial charge in [-0.05, 0) is 98.9 Å². The lowest BCUT2D eigenvalue weighted by Gasteiger charge is -2.49. The van der Waals surface area contributed by atoms with E-state index < -0.39 is 138 Å². The van der Waals surface area contributed by atoms with Crippen LogP contribution in [-0.4, -0.2) is 211 Å². The molecular weight excluding hydrogens is 1010 g/mol. The SMILES string of the molecule is CC[C@H]1OC(=O)[C@H](C)[C@@H](O[C@H]2C[C@@](C)(OC)[C@@H](O)[C@H](C)O2)[C@H](C)[C@@H](O[C@@H]2O[C@H](C)C[C@H](N(C)CCc3cn([C@@H](CF)[C@H](OC)c4ccc(/C=C/CS(C)=O)cc4)nn3)[C@H]2O)[C@](C)(O)C[C@@H](C)CN(C)[C@H](C)[C@@H](O)[C@]1(C)O. The van der Waals surface area contributed by atoms with Crippen LogP contribution in [0.3, 0.4) is 0 Å². The van der Waals surface area contributed by atoms with Crippen molar-refractivity contribution >= 4 is 22.8 Å². The first kappa shape index (κ1) is 64.0. The van der Waals surface area contributed by atoms with Crippen molar-refractivity contribution in [3.63, 3.8) is 0 Å². The highest BCUT2D eigenvalue weighted by molar-refractivity contribution is 7.84. The molecule has 0 radical (unpaired) electrons. The Morgan fingerprint density at radius 2 is 1.67 bits per heavy atom. The number of carbonyl (C=O) groups excluding carboxylic acids is 1. The van der Waals surface area contributed by atoms with E-state index in [1.807, 2.05) is 74.2 Å². The van der Waals surface area contributed by atoms with Gasteiger partial charge in [-0.15, -0.1) is 5.10 Å². The summed E-state index contributed by atoms with van der Waals surface area (Å²) in [6.45, 7) is 17.4. The van der Waals surface area contributed by atoms with E-state index in [0.29, 0.717) is 37.4 Å². The van der Waals surface area contributed by atoms with E-state index in [2.05, 4.69) is 10.3 Å². The van der Waals surface area contributed by atoms with Crippen molar-refractivity contribution in [1.82, 2.24) is 24.8 Å². The molecule has 0 amide bonds. The molecule has 1 aromatic carbocycles. The van der Waals surface area contributed by atoms with E-state index in [4.69, 9.17) is 33.2 Å². The lowest BCUT2D eigenvalue weighted by Crippen LogP contribution is -2.61. The van der Waals surface area contributed by atoms with Crippen molar-refractivity contribution in [2.75, 3.05) is 60.1 Å². The fraction of sp³-hybridized carbons (Fsp3) is 0.800. The number of methoxy groups -OCH3 is 2.